The fourth-order valence-corrected chi connectivity index (χ4v) is 14.7. The van der Waals surface area contributed by atoms with Crippen LogP contribution in [0.25, 0.3) is 66.4 Å². The summed E-state index contributed by atoms with van der Waals surface area (Å²) >= 11 is 12.7. The van der Waals surface area contributed by atoms with Gasteiger partial charge in [-0.05, 0) is 164 Å². The predicted octanol–water partition coefficient (Wildman–Crippen LogP) is 12.3. The smallest absolute Gasteiger partial charge is 0.267 e. The molecule has 38 nitrogen and oxygen atoms in total. The molecular weight excluding hydrogens is 1700 g/mol. The molecule has 0 fully saturated rings. The van der Waals surface area contributed by atoms with Gasteiger partial charge in [0.25, 0.3) is 22.2 Å². The third-order valence-electron chi connectivity index (χ3n) is 20.2. The standard InChI is InChI=1S/C23H22ClN9O.C23H18FN9O.C22H20N8O.C21H17ClN8O/c1-4-15(31-21-13(9-25)20(27)29-12(3)30-21)22-32-16-7-5-6-14(24)19(16)23(34)33(22)17-10-28-18(26)8-11(17)2;1-3-17(31-21-15(10-26)20(27)29-12(2)30-21)22-32-19-16(24)7-6-13(9-25)18(19)23(34)33(22)14-5-4-8-28-11-14;1-12-6-4-8-17-18(12)22(31)30(15-7-5-9-25-11-15)21(29-17)13(2)26-20-16(10-23)19(24)27-14(3)28-20;1-11(26-19-17(22)18(24)27-12(2)28-19)20-29-15-7-3-5-13(9-23)16(15)21(31)30(20)14-6-4-8-25-10-14/h5-8,10,15H,4H2,1-3H3,(H2,26,28)(H3,27,29,30,31);4-8,11,17H,3H2,1-2H3,(H3,27,29,30,31);4-9,11,13H,1-3H3,(H3,24,26,27,28);3-8,10-11H,1-2H3,(H3,24,26,27,28)/t15-;17-;13-;11-/m0000/s1. The van der Waals surface area contributed by atoms with Gasteiger partial charge in [-0.3, -0.25) is 52.4 Å². The average Bonchev–Trinajstić information content (AvgIpc) is 0.755. The number of rotatable bonds is 18. The molecule has 648 valence electrons. The van der Waals surface area contributed by atoms with Crippen LogP contribution in [0.2, 0.25) is 10.0 Å². The van der Waals surface area contributed by atoms with Gasteiger partial charge in [0.05, 0.1) is 126 Å². The van der Waals surface area contributed by atoms with Crippen molar-refractivity contribution in [3.8, 4) is 53.1 Å². The molecule has 16 aromatic rings. The van der Waals surface area contributed by atoms with Gasteiger partial charge < -0.3 is 49.9 Å². The number of hydrogen-bond donors (Lipinski definition) is 9. The summed E-state index contributed by atoms with van der Waals surface area (Å²) in [5, 5.41) is 61.8. The van der Waals surface area contributed by atoms with Gasteiger partial charge in [0.2, 0.25) is 0 Å². The van der Waals surface area contributed by atoms with Crippen molar-refractivity contribution in [2.24, 2.45) is 0 Å². The molecule has 0 aliphatic carbocycles. The average molecular weight is 1780 g/mol. The number of nitrogens with one attached hydrogen (secondary N) is 4. The van der Waals surface area contributed by atoms with Gasteiger partial charge in [0, 0.05) is 18.6 Å². The summed E-state index contributed by atoms with van der Waals surface area (Å²) in [6.45, 7) is 17.8. The van der Waals surface area contributed by atoms with Crippen LogP contribution in [0, 0.1) is 104 Å². The molecule has 130 heavy (non-hydrogen) atoms. The van der Waals surface area contributed by atoms with Crippen molar-refractivity contribution in [1.29, 1.82) is 26.3 Å². The van der Waals surface area contributed by atoms with E-state index < -0.39 is 35.5 Å². The minimum Gasteiger partial charge on any atom is -0.384 e. The summed E-state index contributed by atoms with van der Waals surface area (Å²) in [7, 11) is 0. The zero-order valence-electron chi connectivity index (χ0n) is 71.0. The Morgan fingerprint density at radius 2 is 0.808 bits per heavy atom. The Morgan fingerprint density at radius 3 is 1.28 bits per heavy atom. The largest absolute Gasteiger partial charge is 0.384 e. The fourth-order valence-electron chi connectivity index (χ4n) is 14.3. The van der Waals surface area contributed by atoms with Crippen LogP contribution < -0.4 is 72.2 Å². The molecule has 12 heterocycles. The minimum atomic E-state index is -0.736. The number of hydrogen-bond acceptors (Lipinski definition) is 34. The monoisotopic (exact) mass is 1770 g/mol. The molecule has 16 rings (SSSR count). The van der Waals surface area contributed by atoms with E-state index in [1.807, 2.05) is 78.0 Å². The Morgan fingerprint density at radius 1 is 0.408 bits per heavy atom. The highest BCUT2D eigenvalue weighted by Crippen LogP contribution is 2.35. The molecule has 0 saturated heterocycles. The maximum atomic E-state index is 14.8. The van der Waals surface area contributed by atoms with Gasteiger partial charge in [-0.25, -0.2) is 69.2 Å². The van der Waals surface area contributed by atoms with Crippen molar-refractivity contribution in [2.75, 3.05) is 49.9 Å². The van der Waals surface area contributed by atoms with Crippen LogP contribution in [0.4, 0.5) is 56.8 Å². The van der Waals surface area contributed by atoms with Crippen molar-refractivity contribution >= 4 is 119 Å². The lowest BCUT2D eigenvalue weighted by molar-refractivity contribution is 0.624. The summed E-state index contributed by atoms with van der Waals surface area (Å²) in [4.78, 5) is 123. The normalized spacial score (nSPS) is 11.8. The number of nitrogen functional groups attached to an aromatic ring is 5. The molecule has 0 spiro atoms. The Labute approximate surface area is 748 Å². The fraction of sp³-hybridized carbons (Fsp3) is 0.180. The second-order valence-electron chi connectivity index (χ2n) is 29.1. The maximum absolute atomic E-state index is 14.8. The number of nitrogens with two attached hydrogens (primary N) is 5. The molecule has 0 bridgehead atoms. The topological polar surface area (TPSA) is 591 Å². The van der Waals surface area contributed by atoms with E-state index in [1.54, 1.807) is 144 Å². The minimum absolute atomic E-state index is 0.00469. The van der Waals surface area contributed by atoms with E-state index in [-0.39, 0.29) is 112 Å². The van der Waals surface area contributed by atoms with Crippen LogP contribution in [-0.4, -0.2) is 98.0 Å². The maximum Gasteiger partial charge on any atom is 0.267 e. The predicted molar refractivity (Wildman–Crippen MR) is 490 cm³/mol. The first kappa shape index (κ1) is 90.3. The lowest BCUT2D eigenvalue weighted by Crippen LogP contribution is -2.29. The molecule has 0 radical (unpaired) electrons. The third-order valence-corrected chi connectivity index (χ3v) is 20.9. The summed E-state index contributed by atoms with van der Waals surface area (Å²) in [5.41, 5.74) is 33.2. The van der Waals surface area contributed by atoms with Crippen LogP contribution in [0.5, 0.6) is 0 Å². The highest BCUT2D eigenvalue weighted by Gasteiger charge is 2.30. The molecule has 4 atom stereocenters. The molecule has 4 aromatic carbocycles. The molecule has 0 amide bonds. The number of aryl methyl sites for hydroxylation is 6. The number of halogens is 3. The lowest BCUT2D eigenvalue weighted by atomic mass is 10.1. The number of benzene rings is 4. The van der Waals surface area contributed by atoms with Crippen molar-refractivity contribution in [3.05, 3.63) is 295 Å². The SMILES string of the molecule is CC[C@H](Nc1nc(C)nc(N)c1C#N)c1nc2c(F)ccc(C#N)c2c(=O)n1-c1cccnc1.CC[C@H](Nc1nc(C)nc(N)c1C#N)c1nc2cccc(Cl)c2c(=O)n1-c1cnc(N)cc1C.Cc1nc(N)c(C#N)c(N[C@@H](C)c2nc3cccc(C)c3c(=O)n2-c2cccnc2)n1.Cc1nc(N)c(Cl)c(N[C@@H](C)c2nc3cccc(C#N)c3c(=O)n2-c2cccnc2)n1. The van der Waals surface area contributed by atoms with Crippen molar-refractivity contribution in [1.82, 2.24) is 98.0 Å². The number of pyridine rings is 4. The first-order valence-electron chi connectivity index (χ1n) is 39.7. The summed E-state index contributed by atoms with van der Waals surface area (Å²) in [5.74, 6) is 3.99. The summed E-state index contributed by atoms with van der Waals surface area (Å²) in [6, 6.07) is 37.8. The Kier molecular flexibility index (Phi) is 26.9. The number of fused-ring (bicyclic) bond motifs is 4. The van der Waals surface area contributed by atoms with E-state index in [9.17, 15) is 49.9 Å². The summed E-state index contributed by atoms with van der Waals surface area (Å²) < 4.78 is 20.5. The molecule has 0 saturated carbocycles. The molecular formula is C89H77Cl2FN34O4. The zero-order chi connectivity index (χ0) is 93.2. The lowest BCUT2D eigenvalue weighted by Gasteiger charge is -2.23. The highest BCUT2D eigenvalue weighted by atomic mass is 35.5. The van der Waals surface area contributed by atoms with E-state index in [1.165, 1.54) is 36.7 Å². The Bertz CT molecular complexity index is 7660. The van der Waals surface area contributed by atoms with Gasteiger partial charge in [0.1, 0.15) is 139 Å². The van der Waals surface area contributed by atoms with Crippen LogP contribution in [0.15, 0.2) is 172 Å². The quantitative estimate of drug-likeness (QED) is 0.0385. The van der Waals surface area contributed by atoms with E-state index in [4.69, 9.17) is 66.8 Å². The first-order chi connectivity index (χ1) is 62.4. The molecule has 12 aromatic heterocycles. The molecule has 0 aliphatic rings. The zero-order valence-corrected chi connectivity index (χ0v) is 72.5. The van der Waals surface area contributed by atoms with E-state index >= 15 is 0 Å². The number of anilines is 9. The van der Waals surface area contributed by atoms with Gasteiger partial charge in [-0.1, -0.05) is 61.3 Å². The summed E-state index contributed by atoms with van der Waals surface area (Å²) in [6.07, 6.45) is 11.8. The van der Waals surface area contributed by atoms with Gasteiger partial charge >= 0.3 is 0 Å². The first-order valence-corrected chi connectivity index (χ1v) is 40.5. The van der Waals surface area contributed by atoms with Crippen LogP contribution in [0.3, 0.4) is 0 Å². The van der Waals surface area contributed by atoms with E-state index in [0.29, 0.717) is 120 Å². The van der Waals surface area contributed by atoms with Crippen molar-refractivity contribution in [2.45, 2.75) is 106 Å². The second-order valence-corrected chi connectivity index (χ2v) is 29.8. The van der Waals surface area contributed by atoms with Crippen molar-refractivity contribution < 1.29 is 4.39 Å². The van der Waals surface area contributed by atoms with Crippen molar-refractivity contribution in [3.63, 3.8) is 0 Å². The number of aromatic nitrogens is 20. The Balaban J connectivity index is 0.000000148. The van der Waals surface area contributed by atoms with Crippen LogP contribution in [-0.2, 0) is 0 Å². The number of nitriles is 5. The van der Waals surface area contributed by atoms with Crippen LogP contribution >= 0.6 is 23.2 Å². The van der Waals surface area contributed by atoms with Gasteiger partial charge in [0.15, 0.2) is 23.3 Å². The van der Waals surface area contributed by atoms with Gasteiger partial charge in [-0.15, -0.1) is 0 Å². The third kappa shape index (κ3) is 18.4. The van der Waals surface area contributed by atoms with Gasteiger partial charge in [-0.2, -0.15) is 26.3 Å². The molecule has 41 heteroatoms. The van der Waals surface area contributed by atoms with E-state index in [0.717, 1.165) is 17.2 Å². The highest BCUT2D eigenvalue weighted by molar-refractivity contribution is 6.35. The second kappa shape index (κ2) is 38.7. The number of nitrogens with zero attached hydrogens (tertiary/aromatic N) is 25. The molecule has 0 unspecified atom stereocenters. The molecule has 14 N–H and O–H groups in total. The van der Waals surface area contributed by atoms with Crippen LogP contribution in [0.1, 0.15) is 150 Å². The van der Waals surface area contributed by atoms with E-state index in [2.05, 4.69) is 92.1 Å². The molecule has 0 aliphatic heterocycles. The Hall–Kier alpha value is -17.5.